The van der Waals surface area contributed by atoms with Crippen molar-refractivity contribution in [2.75, 3.05) is 31.6 Å². The van der Waals surface area contributed by atoms with Crippen LogP contribution in [0.4, 0.5) is 5.00 Å². The molecule has 1 fully saturated rings. The summed E-state index contributed by atoms with van der Waals surface area (Å²) in [6, 6.07) is 7.35. The Morgan fingerprint density at radius 3 is 2.43 bits per heavy atom. The largest absolute Gasteiger partial charge is 0.462 e. The fourth-order valence-corrected chi connectivity index (χ4v) is 5.01. The van der Waals surface area contributed by atoms with E-state index >= 15 is 0 Å². The Bertz CT molecular complexity index is 871. The third-order valence-electron chi connectivity index (χ3n) is 5.30. The molecule has 3 rings (SSSR count). The molecule has 0 unspecified atom stereocenters. The van der Waals surface area contributed by atoms with Crippen molar-refractivity contribution in [2.45, 2.75) is 46.0 Å². The van der Waals surface area contributed by atoms with E-state index in [1.54, 1.807) is 19.1 Å². The van der Waals surface area contributed by atoms with Crippen LogP contribution >= 0.6 is 22.9 Å². The van der Waals surface area contributed by atoms with Crippen molar-refractivity contribution in [3.63, 3.8) is 0 Å². The van der Waals surface area contributed by atoms with Gasteiger partial charge in [-0.2, -0.15) is 0 Å². The summed E-state index contributed by atoms with van der Waals surface area (Å²) in [7, 11) is 0. The molecule has 1 saturated heterocycles. The summed E-state index contributed by atoms with van der Waals surface area (Å²) < 4.78 is 5.30. The van der Waals surface area contributed by atoms with E-state index in [2.05, 4.69) is 10.2 Å². The van der Waals surface area contributed by atoms with Crippen LogP contribution in [0.25, 0.3) is 11.1 Å². The zero-order valence-electron chi connectivity index (χ0n) is 17.6. The van der Waals surface area contributed by atoms with Gasteiger partial charge in [-0.25, -0.2) is 4.79 Å². The average molecular weight is 449 g/mol. The van der Waals surface area contributed by atoms with Gasteiger partial charge in [-0.05, 0) is 57.5 Å². The first-order valence-electron chi connectivity index (χ1n) is 10.6. The lowest BCUT2D eigenvalue weighted by molar-refractivity contribution is -0.116. The summed E-state index contributed by atoms with van der Waals surface area (Å²) in [4.78, 5) is 28.7. The Morgan fingerprint density at radius 2 is 1.80 bits per heavy atom. The minimum Gasteiger partial charge on any atom is -0.462 e. The number of benzene rings is 1. The number of hydrogen-bond acceptors (Lipinski definition) is 5. The van der Waals surface area contributed by atoms with Gasteiger partial charge >= 0.3 is 5.97 Å². The van der Waals surface area contributed by atoms with E-state index in [4.69, 9.17) is 16.3 Å². The van der Waals surface area contributed by atoms with Crippen LogP contribution in [0.1, 0.15) is 54.3 Å². The Hall–Kier alpha value is -1.89. The Kier molecular flexibility index (Phi) is 8.31. The van der Waals surface area contributed by atoms with Crippen LogP contribution in [0.15, 0.2) is 24.3 Å². The highest BCUT2D eigenvalue weighted by atomic mass is 35.5. The second-order valence-corrected chi connectivity index (χ2v) is 9.18. The number of rotatable bonds is 7. The monoisotopic (exact) mass is 448 g/mol. The quantitative estimate of drug-likeness (QED) is 0.547. The number of thiophene rings is 1. The molecule has 0 saturated carbocycles. The number of ether oxygens (including phenoxy) is 1. The Balaban J connectivity index is 1.79. The number of aryl methyl sites for hydroxylation is 1. The number of anilines is 1. The number of amides is 1. The zero-order valence-corrected chi connectivity index (χ0v) is 19.2. The molecule has 30 heavy (non-hydrogen) atoms. The first-order chi connectivity index (χ1) is 14.5. The number of carbonyl (C=O) groups excluding carboxylic acids is 2. The molecule has 5 nitrogen and oxygen atoms in total. The van der Waals surface area contributed by atoms with Gasteiger partial charge in [0.1, 0.15) is 10.6 Å². The molecule has 1 aromatic heterocycles. The molecule has 1 aromatic carbocycles. The van der Waals surface area contributed by atoms with Gasteiger partial charge in [-0.1, -0.05) is 36.6 Å². The third-order valence-corrected chi connectivity index (χ3v) is 6.58. The predicted octanol–water partition coefficient (Wildman–Crippen LogP) is 5.76. The summed E-state index contributed by atoms with van der Waals surface area (Å²) in [6.45, 7) is 6.86. The highest BCUT2D eigenvalue weighted by molar-refractivity contribution is 7.17. The lowest BCUT2D eigenvalue weighted by Crippen LogP contribution is -2.28. The number of halogens is 1. The SMILES string of the molecule is CCOC(=O)c1c(NC(=O)CCN2CCCCCC2)sc(C)c1-c1ccc(Cl)cc1. The second kappa shape index (κ2) is 10.9. The van der Waals surface area contributed by atoms with Gasteiger partial charge < -0.3 is 15.0 Å². The van der Waals surface area contributed by atoms with E-state index in [9.17, 15) is 9.59 Å². The Labute approximate surface area is 187 Å². The van der Waals surface area contributed by atoms with Crippen LogP contribution < -0.4 is 5.32 Å². The molecule has 0 radical (unpaired) electrons. The number of hydrogen-bond donors (Lipinski definition) is 1. The van der Waals surface area contributed by atoms with Gasteiger partial charge in [0.25, 0.3) is 0 Å². The molecule has 0 spiro atoms. The van der Waals surface area contributed by atoms with Crippen LogP contribution in [-0.2, 0) is 9.53 Å². The standard InChI is InChI=1S/C23H29ClN2O3S/c1-3-29-23(28)21-20(17-8-10-18(24)11-9-17)16(2)30-22(21)25-19(27)12-15-26-13-6-4-5-7-14-26/h8-11H,3-7,12-15H2,1-2H3,(H,25,27). The third kappa shape index (κ3) is 5.84. The number of nitrogens with zero attached hydrogens (tertiary/aromatic N) is 1. The molecule has 0 aliphatic carbocycles. The van der Waals surface area contributed by atoms with Gasteiger partial charge in [-0.3, -0.25) is 4.79 Å². The van der Waals surface area contributed by atoms with Gasteiger partial charge in [0, 0.05) is 28.4 Å². The molecule has 1 N–H and O–H groups in total. The van der Waals surface area contributed by atoms with Gasteiger partial charge in [-0.15, -0.1) is 11.3 Å². The molecule has 2 aromatic rings. The molecule has 1 amide bonds. The van der Waals surface area contributed by atoms with E-state index in [0.29, 0.717) is 22.0 Å². The summed E-state index contributed by atoms with van der Waals surface area (Å²) >= 11 is 7.43. The first-order valence-corrected chi connectivity index (χ1v) is 11.8. The normalized spacial score (nSPS) is 14.9. The first kappa shape index (κ1) is 22.8. The molecule has 1 aliphatic heterocycles. The molecule has 1 aliphatic rings. The van der Waals surface area contributed by atoms with Gasteiger partial charge in [0.15, 0.2) is 0 Å². The smallest absolute Gasteiger partial charge is 0.341 e. The second-order valence-electron chi connectivity index (χ2n) is 7.52. The topological polar surface area (TPSA) is 58.6 Å². The van der Waals surface area contributed by atoms with Gasteiger partial charge in [0.2, 0.25) is 5.91 Å². The molecule has 2 heterocycles. The zero-order chi connectivity index (χ0) is 21.5. The maximum absolute atomic E-state index is 12.8. The molecular formula is C23H29ClN2O3S. The van der Waals surface area contributed by atoms with E-state index in [1.165, 1.54) is 37.0 Å². The molecule has 7 heteroatoms. The van der Waals surface area contributed by atoms with Crippen LogP contribution in [0, 0.1) is 6.92 Å². The van der Waals surface area contributed by atoms with Crippen molar-refractivity contribution in [3.8, 4) is 11.1 Å². The van der Waals surface area contributed by atoms with Crippen molar-refractivity contribution in [2.24, 2.45) is 0 Å². The Morgan fingerprint density at radius 1 is 1.13 bits per heavy atom. The summed E-state index contributed by atoms with van der Waals surface area (Å²) in [5.41, 5.74) is 2.09. The number of nitrogens with one attached hydrogen (secondary N) is 1. The number of esters is 1. The van der Waals surface area contributed by atoms with Crippen molar-refractivity contribution < 1.29 is 14.3 Å². The summed E-state index contributed by atoms with van der Waals surface area (Å²) in [6.07, 6.45) is 5.35. The average Bonchev–Trinajstić information content (AvgIpc) is 2.88. The van der Waals surface area contributed by atoms with Crippen molar-refractivity contribution in [1.29, 1.82) is 0 Å². The van der Waals surface area contributed by atoms with E-state index in [0.717, 1.165) is 35.6 Å². The maximum Gasteiger partial charge on any atom is 0.341 e. The maximum atomic E-state index is 12.8. The van der Waals surface area contributed by atoms with Crippen molar-refractivity contribution in [1.82, 2.24) is 4.90 Å². The van der Waals surface area contributed by atoms with Crippen LogP contribution in [-0.4, -0.2) is 43.0 Å². The molecular weight excluding hydrogens is 420 g/mol. The summed E-state index contributed by atoms with van der Waals surface area (Å²) in [5.74, 6) is -0.497. The van der Waals surface area contributed by atoms with Gasteiger partial charge in [0.05, 0.1) is 6.61 Å². The number of likely N-dealkylation sites (tertiary alicyclic amines) is 1. The summed E-state index contributed by atoms with van der Waals surface area (Å²) in [5, 5.41) is 4.16. The minimum absolute atomic E-state index is 0.0753. The van der Waals surface area contributed by atoms with Crippen LogP contribution in [0.5, 0.6) is 0 Å². The highest BCUT2D eigenvalue weighted by Gasteiger charge is 2.25. The highest BCUT2D eigenvalue weighted by Crippen LogP contribution is 2.40. The van der Waals surface area contributed by atoms with E-state index < -0.39 is 5.97 Å². The fraction of sp³-hybridized carbons (Fsp3) is 0.478. The predicted molar refractivity (Wildman–Crippen MR) is 124 cm³/mol. The van der Waals surface area contributed by atoms with Crippen LogP contribution in [0.3, 0.4) is 0 Å². The van der Waals surface area contributed by atoms with Crippen molar-refractivity contribution >= 4 is 39.8 Å². The number of carbonyl (C=O) groups is 2. The van der Waals surface area contributed by atoms with E-state index in [-0.39, 0.29) is 12.5 Å². The van der Waals surface area contributed by atoms with Crippen molar-refractivity contribution in [3.05, 3.63) is 39.7 Å². The van der Waals surface area contributed by atoms with Crippen LogP contribution in [0.2, 0.25) is 5.02 Å². The molecule has 0 bridgehead atoms. The fourth-order valence-electron chi connectivity index (χ4n) is 3.80. The lowest BCUT2D eigenvalue weighted by Gasteiger charge is -2.19. The minimum atomic E-state index is -0.422. The lowest BCUT2D eigenvalue weighted by atomic mass is 10.0. The molecule has 162 valence electrons. The molecule has 0 atom stereocenters. The van der Waals surface area contributed by atoms with E-state index in [1.807, 2.05) is 19.1 Å².